The Hall–Kier alpha value is -2.22. The SMILES string of the molecule is CN=C(NCCc1csc(C)n1)NCc1cc(C)ccc1OC(F)F. The van der Waals surface area contributed by atoms with Gasteiger partial charge < -0.3 is 15.4 Å². The van der Waals surface area contributed by atoms with Crippen molar-refractivity contribution in [2.75, 3.05) is 13.6 Å². The summed E-state index contributed by atoms with van der Waals surface area (Å²) in [6, 6.07) is 5.11. The molecule has 136 valence electrons. The lowest BCUT2D eigenvalue weighted by molar-refractivity contribution is -0.0504. The van der Waals surface area contributed by atoms with Gasteiger partial charge in [-0.25, -0.2) is 4.98 Å². The highest BCUT2D eigenvalue weighted by Gasteiger charge is 2.10. The first-order chi connectivity index (χ1) is 12.0. The van der Waals surface area contributed by atoms with E-state index in [0.717, 1.165) is 22.7 Å². The molecule has 1 heterocycles. The number of hydrogen-bond acceptors (Lipinski definition) is 4. The molecule has 0 aliphatic rings. The van der Waals surface area contributed by atoms with Crippen LogP contribution in [0.3, 0.4) is 0 Å². The highest BCUT2D eigenvalue weighted by Crippen LogP contribution is 2.21. The molecule has 0 amide bonds. The smallest absolute Gasteiger partial charge is 0.387 e. The van der Waals surface area contributed by atoms with Gasteiger partial charge in [-0.15, -0.1) is 11.3 Å². The quantitative estimate of drug-likeness (QED) is 0.582. The number of rotatable bonds is 7. The van der Waals surface area contributed by atoms with Gasteiger partial charge in [0.1, 0.15) is 5.75 Å². The summed E-state index contributed by atoms with van der Waals surface area (Å²) < 4.78 is 29.6. The molecule has 8 heteroatoms. The molecule has 0 atom stereocenters. The zero-order chi connectivity index (χ0) is 18.2. The number of thiazole rings is 1. The maximum atomic E-state index is 12.5. The molecular weight excluding hydrogens is 346 g/mol. The molecule has 2 aromatic rings. The predicted molar refractivity (Wildman–Crippen MR) is 96.6 cm³/mol. The van der Waals surface area contributed by atoms with E-state index in [1.807, 2.05) is 25.3 Å². The number of nitrogens with one attached hydrogen (secondary N) is 2. The van der Waals surface area contributed by atoms with Crippen molar-refractivity contribution in [3.63, 3.8) is 0 Å². The molecule has 0 saturated carbocycles. The van der Waals surface area contributed by atoms with Crippen LogP contribution < -0.4 is 15.4 Å². The predicted octanol–water partition coefficient (Wildman–Crippen LogP) is 3.27. The van der Waals surface area contributed by atoms with Gasteiger partial charge in [0, 0.05) is 37.5 Å². The van der Waals surface area contributed by atoms with Gasteiger partial charge in [0.05, 0.1) is 10.7 Å². The summed E-state index contributed by atoms with van der Waals surface area (Å²) in [4.78, 5) is 8.55. The lowest BCUT2D eigenvalue weighted by atomic mass is 10.1. The van der Waals surface area contributed by atoms with Crippen LogP contribution in [0, 0.1) is 13.8 Å². The van der Waals surface area contributed by atoms with Gasteiger partial charge >= 0.3 is 6.61 Å². The van der Waals surface area contributed by atoms with Crippen molar-refractivity contribution in [1.82, 2.24) is 15.6 Å². The molecule has 5 nitrogen and oxygen atoms in total. The van der Waals surface area contributed by atoms with Crippen molar-refractivity contribution in [1.29, 1.82) is 0 Å². The lowest BCUT2D eigenvalue weighted by Crippen LogP contribution is -2.38. The monoisotopic (exact) mass is 368 g/mol. The number of guanidine groups is 1. The molecule has 0 saturated heterocycles. The Morgan fingerprint density at radius 2 is 2.12 bits per heavy atom. The third-order valence-corrected chi connectivity index (χ3v) is 4.26. The number of benzene rings is 1. The normalized spacial score (nSPS) is 11.7. The van der Waals surface area contributed by atoms with Gasteiger partial charge in [0.25, 0.3) is 0 Å². The van der Waals surface area contributed by atoms with Crippen LogP contribution in [0.15, 0.2) is 28.6 Å². The number of ether oxygens (including phenoxy) is 1. The average molecular weight is 368 g/mol. The fourth-order valence-corrected chi connectivity index (χ4v) is 2.94. The van der Waals surface area contributed by atoms with Gasteiger partial charge in [0.15, 0.2) is 5.96 Å². The van der Waals surface area contributed by atoms with Crippen LogP contribution in [0.4, 0.5) is 8.78 Å². The highest BCUT2D eigenvalue weighted by atomic mass is 32.1. The molecule has 0 spiro atoms. The first kappa shape index (κ1) is 19.1. The average Bonchev–Trinajstić information content (AvgIpc) is 2.98. The van der Waals surface area contributed by atoms with E-state index in [-0.39, 0.29) is 5.75 Å². The van der Waals surface area contributed by atoms with E-state index in [0.29, 0.717) is 24.6 Å². The van der Waals surface area contributed by atoms with E-state index in [1.165, 1.54) is 0 Å². The first-order valence-electron chi connectivity index (χ1n) is 7.88. The molecule has 0 radical (unpaired) electrons. The summed E-state index contributed by atoms with van der Waals surface area (Å²) in [6.45, 7) is 2.04. The first-order valence-corrected chi connectivity index (χ1v) is 8.75. The van der Waals surface area contributed by atoms with E-state index in [9.17, 15) is 8.78 Å². The summed E-state index contributed by atoms with van der Waals surface area (Å²) in [5.74, 6) is 0.762. The third-order valence-electron chi connectivity index (χ3n) is 3.44. The highest BCUT2D eigenvalue weighted by molar-refractivity contribution is 7.09. The molecule has 0 fully saturated rings. The zero-order valence-electron chi connectivity index (χ0n) is 14.5. The van der Waals surface area contributed by atoms with Crippen LogP contribution >= 0.6 is 11.3 Å². The zero-order valence-corrected chi connectivity index (χ0v) is 15.3. The summed E-state index contributed by atoms with van der Waals surface area (Å²) in [5.41, 5.74) is 2.66. The Kier molecular flexibility index (Phi) is 7.12. The molecule has 0 bridgehead atoms. The van der Waals surface area contributed by atoms with E-state index in [4.69, 9.17) is 0 Å². The lowest BCUT2D eigenvalue weighted by Gasteiger charge is -2.15. The largest absolute Gasteiger partial charge is 0.434 e. The summed E-state index contributed by atoms with van der Waals surface area (Å²) >= 11 is 1.62. The van der Waals surface area contributed by atoms with Gasteiger partial charge in [0.2, 0.25) is 0 Å². The third kappa shape index (κ3) is 6.30. The molecule has 2 rings (SSSR count). The van der Waals surface area contributed by atoms with Crippen LogP contribution in [-0.2, 0) is 13.0 Å². The van der Waals surface area contributed by atoms with Crippen molar-refractivity contribution in [3.8, 4) is 5.75 Å². The molecule has 25 heavy (non-hydrogen) atoms. The van der Waals surface area contributed by atoms with Gasteiger partial charge in [-0.1, -0.05) is 17.7 Å². The second-order valence-electron chi connectivity index (χ2n) is 5.45. The minimum absolute atomic E-state index is 0.168. The van der Waals surface area contributed by atoms with Crippen LogP contribution in [0.25, 0.3) is 0 Å². The van der Waals surface area contributed by atoms with Crippen molar-refractivity contribution in [2.45, 2.75) is 33.4 Å². The molecule has 0 aliphatic heterocycles. The van der Waals surface area contributed by atoms with E-state index in [2.05, 4.69) is 25.3 Å². The van der Waals surface area contributed by atoms with Crippen molar-refractivity contribution >= 4 is 17.3 Å². The standard InChI is InChI=1S/C17H22F2N4OS/c1-11-4-5-15(24-16(18)19)13(8-11)9-22-17(20-3)21-7-6-14-10-25-12(2)23-14/h4-5,8,10,16H,6-7,9H2,1-3H3,(H2,20,21,22). The fourth-order valence-electron chi connectivity index (χ4n) is 2.29. The van der Waals surface area contributed by atoms with Crippen molar-refractivity contribution in [3.05, 3.63) is 45.4 Å². The van der Waals surface area contributed by atoms with Crippen molar-refractivity contribution < 1.29 is 13.5 Å². The maximum Gasteiger partial charge on any atom is 0.387 e. The molecular formula is C17H22F2N4OS. The minimum Gasteiger partial charge on any atom is -0.434 e. The second kappa shape index (κ2) is 9.31. The molecule has 1 aromatic carbocycles. The summed E-state index contributed by atoms with van der Waals surface area (Å²) in [7, 11) is 1.66. The van der Waals surface area contributed by atoms with Gasteiger partial charge in [-0.2, -0.15) is 8.78 Å². The van der Waals surface area contributed by atoms with Crippen molar-refractivity contribution in [2.24, 2.45) is 4.99 Å². The second-order valence-corrected chi connectivity index (χ2v) is 6.51. The van der Waals surface area contributed by atoms with E-state index < -0.39 is 6.61 Å². The van der Waals surface area contributed by atoms with Gasteiger partial charge in [-0.3, -0.25) is 4.99 Å². The Morgan fingerprint density at radius 1 is 1.32 bits per heavy atom. The summed E-state index contributed by atoms with van der Waals surface area (Å²) in [6.07, 6.45) is 0.787. The van der Waals surface area contributed by atoms with Crippen LogP contribution in [0.5, 0.6) is 5.75 Å². The Labute approximate surface area is 150 Å². The minimum atomic E-state index is -2.85. The number of alkyl halides is 2. The van der Waals surface area contributed by atoms with E-state index in [1.54, 1.807) is 30.5 Å². The van der Waals surface area contributed by atoms with Crippen LogP contribution in [-0.4, -0.2) is 31.1 Å². The van der Waals surface area contributed by atoms with Crippen LogP contribution in [0.2, 0.25) is 0 Å². The molecule has 2 N–H and O–H groups in total. The molecule has 0 unspecified atom stereocenters. The van der Waals surface area contributed by atoms with E-state index >= 15 is 0 Å². The Balaban J connectivity index is 1.88. The summed E-state index contributed by atoms with van der Waals surface area (Å²) in [5, 5.41) is 9.38. The number of aromatic nitrogens is 1. The number of nitrogens with zero attached hydrogens (tertiary/aromatic N) is 2. The Morgan fingerprint density at radius 3 is 2.76 bits per heavy atom. The fraction of sp³-hybridized carbons (Fsp3) is 0.412. The maximum absolute atomic E-state index is 12.5. The molecule has 0 aliphatic carbocycles. The molecule has 1 aromatic heterocycles. The van der Waals surface area contributed by atoms with Gasteiger partial charge in [-0.05, 0) is 19.9 Å². The number of aryl methyl sites for hydroxylation is 2. The van der Waals surface area contributed by atoms with Crippen LogP contribution in [0.1, 0.15) is 21.8 Å². The Bertz CT molecular complexity index is 718. The topological polar surface area (TPSA) is 58.5 Å². The number of aliphatic imine (C=N–C) groups is 1. The number of hydrogen-bond donors (Lipinski definition) is 2. The number of halogens is 2.